The summed E-state index contributed by atoms with van der Waals surface area (Å²) in [4.78, 5) is 22.0. The molecule has 0 bridgehead atoms. The van der Waals surface area contributed by atoms with Gasteiger partial charge in [-0.2, -0.15) is 0 Å². The second-order valence-corrected chi connectivity index (χ2v) is 5.51. The molecule has 5 N–H and O–H groups in total. The number of carbonyl (C=O) groups is 2. The molecule has 6 nitrogen and oxygen atoms in total. The number of aliphatic hydroxyl groups is 2. The Kier molecular flexibility index (Phi) is 6.66. The molecule has 0 saturated carbocycles. The van der Waals surface area contributed by atoms with Gasteiger partial charge in [0, 0.05) is 18.2 Å². The lowest BCUT2D eigenvalue weighted by Crippen LogP contribution is -2.30. The minimum Gasteiger partial charge on any atom is -0.390 e. The molecule has 20 heavy (non-hydrogen) atoms. The second-order valence-electron chi connectivity index (χ2n) is 4.24. The maximum atomic E-state index is 11.3. The first-order chi connectivity index (χ1) is 9.45. The van der Waals surface area contributed by atoms with Crippen LogP contribution in [0.3, 0.4) is 0 Å². The summed E-state index contributed by atoms with van der Waals surface area (Å²) in [5.74, 6) is 5.03. The first-order valence-corrected chi connectivity index (χ1v) is 7.04. The number of nitrogens with two attached hydrogens (primary N) is 1. The zero-order valence-electron chi connectivity index (χ0n) is 11.1. The molecule has 0 saturated heterocycles. The Morgan fingerprint density at radius 1 is 1.30 bits per heavy atom. The number of aliphatic hydroxyl groups excluding tert-OH is 2. The maximum Gasteiger partial charge on any atom is 0.265 e. The van der Waals surface area contributed by atoms with Crippen LogP contribution < -0.4 is 11.3 Å². The molecular weight excluding hydrogens is 280 g/mol. The van der Waals surface area contributed by atoms with Gasteiger partial charge in [0.2, 0.25) is 0 Å². The van der Waals surface area contributed by atoms with E-state index in [2.05, 4.69) is 0 Å². The van der Waals surface area contributed by atoms with Gasteiger partial charge >= 0.3 is 0 Å². The molecule has 0 radical (unpaired) electrons. The number of carbonyl (C=O) groups excluding carboxylic acids is 2. The molecule has 0 aliphatic heterocycles. The first-order valence-electron chi connectivity index (χ1n) is 6.06. The zero-order valence-corrected chi connectivity index (χ0v) is 11.9. The molecule has 7 heteroatoms. The summed E-state index contributed by atoms with van der Waals surface area (Å²) in [5.41, 5.74) is 2.87. The molecule has 1 rings (SSSR count). The Balaban J connectivity index is 2.60. The highest BCUT2D eigenvalue weighted by molar-refractivity contribution is 8.13. The number of hydrogen-bond acceptors (Lipinski definition) is 6. The van der Waals surface area contributed by atoms with Crippen LogP contribution in [0.25, 0.3) is 0 Å². The van der Waals surface area contributed by atoms with Crippen molar-refractivity contribution < 1.29 is 19.8 Å². The quantitative estimate of drug-likeness (QED) is 0.342. The lowest BCUT2D eigenvalue weighted by atomic mass is 10.0. The third-order valence-electron chi connectivity index (χ3n) is 2.73. The summed E-state index contributed by atoms with van der Waals surface area (Å²) >= 11 is 1.10. The van der Waals surface area contributed by atoms with Gasteiger partial charge in [0.25, 0.3) is 5.91 Å². The van der Waals surface area contributed by atoms with Crippen molar-refractivity contribution in [2.75, 3.05) is 5.75 Å². The molecule has 0 fully saturated rings. The predicted octanol–water partition coefficient (Wildman–Crippen LogP) is 0.354. The number of amides is 1. The minimum absolute atomic E-state index is 0.0242. The van der Waals surface area contributed by atoms with Crippen molar-refractivity contribution in [3.05, 3.63) is 35.4 Å². The van der Waals surface area contributed by atoms with Gasteiger partial charge in [-0.25, -0.2) is 5.84 Å². The van der Waals surface area contributed by atoms with Gasteiger partial charge in [-0.15, -0.1) is 0 Å². The van der Waals surface area contributed by atoms with E-state index in [9.17, 15) is 19.8 Å². The van der Waals surface area contributed by atoms with Crippen molar-refractivity contribution in [3.63, 3.8) is 0 Å². The lowest BCUT2D eigenvalue weighted by Gasteiger charge is -2.18. The van der Waals surface area contributed by atoms with Gasteiger partial charge in [0.15, 0.2) is 5.12 Å². The number of thioether (sulfide) groups is 1. The molecule has 0 aromatic heterocycles. The van der Waals surface area contributed by atoms with Crippen molar-refractivity contribution in [3.8, 4) is 0 Å². The fourth-order valence-electron chi connectivity index (χ4n) is 1.62. The van der Waals surface area contributed by atoms with Crippen molar-refractivity contribution >= 4 is 22.8 Å². The third kappa shape index (κ3) is 4.93. The molecular formula is C13H18N2O4S. The van der Waals surface area contributed by atoms with Gasteiger partial charge in [-0.1, -0.05) is 23.9 Å². The second kappa shape index (κ2) is 8.01. The smallest absolute Gasteiger partial charge is 0.265 e. The van der Waals surface area contributed by atoms with Gasteiger partial charge in [-0.3, -0.25) is 15.0 Å². The Bertz CT molecular complexity index is 464. The number of hydrazine groups is 1. The molecule has 2 atom stereocenters. The molecule has 2 unspecified atom stereocenters. The topological polar surface area (TPSA) is 113 Å². The van der Waals surface area contributed by atoms with E-state index in [-0.39, 0.29) is 5.12 Å². The minimum atomic E-state index is -1.06. The van der Waals surface area contributed by atoms with Gasteiger partial charge < -0.3 is 10.2 Å². The van der Waals surface area contributed by atoms with E-state index in [0.29, 0.717) is 23.3 Å². The Hall–Kier alpha value is -1.41. The number of rotatable bonds is 6. The number of benzene rings is 1. The van der Waals surface area contributed by atoms with Crippen molar-refractivity contribution in [1.82, 2.24) is 5.43 Å². The summed E-state index contributed by atoms with van der Waals surface area (Å²) in [6, 6.07) is 6.13. The zero-order chi connectivity index (χ0) is 15.1. The third-order valence-corrected chi connectivity index (χ3v) is 3.58. The van der Waals surface area contributed by atoms with Crippen molar-refractivity contribution in [2.45, 2.75) is 25.6 Å². The van der Waals surface area contributed by atoms with Crippen LogP contribution in [0.1, 0.15) is 35.4 Å². The fraction of sp³-hybridized carbons (Fsp3) is 0.385. The van der Waals surface area contributed by atoms with Crippen LogP contribution in [-0.4, -0.2) is 33.1 Å². The lowest BCUT2D eigenvalue weighted by molar-refractivity contribution is -0.109. The van der Waals surface area contributed by atoms with E-state index in [1.165, 1.54) is 19.1 Å². The summed E-state index contributed by atoms with van der Waals surface area (Å²) in [5, 5.41) is 19.8. The number of nitrogen functional groups attached to an aromatic ring is 1. The molecule has 0 aliphatic rings. The van der Waals surface area contributed by atoms with Crippen molar-refractivity contribution in [1.29, 1.82) is 0 Å². The van der Waals surface area contributed by atoms with Crippen LogP contribution >= 0.6 is 11.8 Å². The summed E-state index contributed by atoms with van der Waals surface area (Å²) < 4.78 is 0. The van der Waals surface area contributed by atoms with E-state index >= 15 is 0 Å². The van der Waals surface area contributed by atoms with E-state index < -0.39 is 18.1 Å². The number of nitrogens with one attached hydrogen (secondary N) is 1. The monoisotopic (exact) mass is 298 g/mol. The number of hydrogen-bond donors (Lipinski definition) is 4. The molecule has 1 aromatic carbocycles. The largest absolute Gasteiger partial charge is 0.390 e. The van der Waals surface area contributed by atoms with E-state index in [0.717, 1.165) is 11.8 Å². The van der Waals surface area contributed by atoms with Crippen LogP contribution in [0.5, 0.6) is 0 Å². The molecule has 0 aliphatic carbocycles. The van der Waals surface area contributed by atoms with Gasteiger partial charge in [0.1, 0.15) is 6.10 Å². The van der Waals surface area contributed by atoms with Crippen LogP contribution in [0.2, 0.25) is 0 Å². The highest BCUT2D eigenvalue weighted by Crippen LogP contribution is 2.21. The predicted molar refractivity (Wildman–Crippen MR) is 76.8 cm³/mol. The van der Waals surface area contributed by atoms with Crippen LogP contribution in [0.4, 0.5) is 0 Å². The standard InChI is InChI=1S/C13H18N2O4S/c1-8(16)20-7-6-11(17)12(18)9-2-4-10(5-3-9)13(19)15-14/h2-5,11-12,17-18H,6-7,14H2,1H3,(H,15,19). The normalized spacial score (nSPS) is 13.6. The van der Waals surface area contributed by atoms with Gasteiger partial charge in [-0.05, 0) is 24.1 Å². The highest BCUT2D eigenvalue weighted by atomic mass is 32.2. The average molecular weight is 298 g/mol. The summed E-state index contributed by atoms with van der Waals surface area (Å²) in [6.45, 7) is 1.45. The van der Waals surface area contributed by atoms with E-state index in [1.807, 2.05) is 5.43 Å². The highest BCUT2D eigenvalue weighted by Gasteiger charge is 2.18. The van der Waals surface area contributed by atoms with Crippen LogP contribution in [0, 0.1) is 0 Å². The van der Waals surface area contributed by atoms with Gasteiger partial charge in [0.05, 0.1) is 6.10 Å². The summed E-state index contributed by atoms with van der Waals surface area (Å²) in [7, 11) is 0. The molecule has 110 valence electrons. The molecule has 1 amide bonds. The molecule has 0 spiro atoms. The summed E-state index contributed by atoms with van der Waals surface area (Å²) in [6.07, 6.45) is -1.72. The van der Waals surface area contributed by atoms with Crippen LogP contribution in [0.15, 0.2) is 24.3 Å². The van der Waals surface area contributed by atoms with Crippen molar-refractivity contribution in [2.24, 2.45) is 5.84 Å². The van der Waals surface area contributed by atoms with E-state index in [4.69, 9.17) is 5.84 Å². The first kappa shape index (κ1) is 16.6. The van der Waals surface area contributed by atoms with E-state index in [1.54, 1.807) is 12.1 Å². The fourth-order valence-corrected chi connectivity index (χ4v) is 2.27. The molecule has 1 aromatic rings. The SMILES string of the molecule is CC(=O)SCCC(O)C(O)c1ccc(C(=O)NN)cc1. The van der Waals surface area contributed by atoms with Crippen LogP contribution in [-0.2, 0) is 4.79 Å². The Morgan fingerprint density at radius 3 is 2.40 bits per heavy atom. The Morgan fingerprint density at radius 2 is 1.90 bits per heavy atom. The maximum absolute atomic E-state index is 11.3. The molecule has 0 heterocycles. The average Bonchev–Trinajstić information content (AvgIpc) is 2.45. The Labute approximate surface area is 121 Å².